The van der Waals surface area contributed by atoms with Gasteiger partial charge >= 0.3 is 0 Å². The van der Waals surface area contributed by atoms with Crippen LogP contribution in [0.15, 0.2) is 24.3 Å². The molecule has 76 valence electrons. The molecule has 2 heteroatoms. The molecule has 2 atom stereocenters. The first-order valence-corrected chi connectivity index (χ1v) is 5.16. The fourth-order valence-electron chi connectivity index (χ4n) is 1.83. The van der Waals surface area contributed by atoms with Gasteiger partial charge in [-0.1, -0.05) is 19.1 Å². The Labute approximate surface area is 84.5 Å². The van der Waals surface area contributed by atoms with Crippen LogP contribution in [-0.2, 0) is 4.74 Å². The predicted molar refractivity (Wildman–Crippen MR) is 55.2 cm³/mol. The first-order valence-electron chi connectivity index (χ1n) is 5.16. The topological polar surface area (TPSA) is 29.5 Å². The highest BCUT2D eigenvalue weighted by Crippen LogP contribution is 2.30. The molecule has 1 aromatic rings. The number of hydrogen-bond donors (Lipinski definition) is 1. The highest BCUT2D eigenvalue weighted by molar-refractivity contribution is 5.27. The summed E-state index contributed by atoms with van der Waals surface area (Å²) in [6.45, 7) is 3.07. The van der Waals surface area contributed by atoms with Crippen molar-refractivity contribution in [1.29, 1.82) is 0 Å². The number of phenolic OH excluding ortho intramolecular Hbond substituents is 1. The number of benzene rings is 1. The van der Waals surface area contributed by atoms with Gasteiger partial charge in [-0.3, -0.25) is 0 Å². The monoisotopic (exact) mass is 192 g/mol. The fourth-order valence-corrected chi connectivity index (χ4v) is 1.83. The summed E-state index contributed by atoms with van der Waals surface area (Å²) in [5, 5.41) is 9.16. The van der Waals surface area contributed by atoms with E-state index in [1.165, 1.54) is 12.0 Å². The Morgan fingerprint density at radius 2 is 1.93 bits per heavy atom. The highest BCUT2D eigenvalue weighted by Gasteiger charge is 2.19. The van der Waals surface area contributed by atoms with Crippen molar-refractivity contribution >= 4 is 0 Å². The van der Waals surface area contributed by atoms with E-state index in [1.807, 2.05) is 12.1 Å². The lowest BCUT2D eigenvalue weighted by atomic mass is 9.96. The Bertz CT molecular complexity index is 284. The molecule has 2 rings (SSSR count). The number of aromatic hydroxyl groups is 1. The Hall–Kier alpha value is -1.02. The second kappa shape index (κ2) is 4.01. The Morgan fingerprint density at radius 3 is 2.50 bits per heavy atom. The van der Waals surface area contributed by atoms with Gasteiger partial charge in [0.2, 0.25) is 0 Å². The summed E-state index contributed by atoms with van der Waals surface area (Å²) in [6, 6.07) is 7.32. The van der Waals surface area contributed by atoms with Crippen LogP contribution >= 0.6 is 0 Å². The van der Waals surface area contributed by atoms with Crippen LogP contribution in [0, 0.1) is 5.92 Å². The quantitative estimate of drug-likeness (QED) is 0.741. The SMILES string of the molecule is CC1CCC(c2ccc(O)cc2)OC1. The van der Waals surface area contributed by atoms with Crippen LogP contribution in [0.25, 0.3) is 0 Å². The Kier molecular flexibility index (Phi) is 2.73. The maximum absolute atomic E-state index is 9.16. The zero-order valence-electron chi connectivity index (χ0n) is 8.44. The average Bonchev–Trinajstić information content (AvgIpc) is 2.21. The van der Waals surface area contributed by atoms with Gasteiger partial charge in [0.05, 0.1) is 6.10 Å². The summed E-state index contributed by atoms with van der Waals surface area (Å²) < 4.78 is 5.73. The third kappa shape index (κ3) is 2.07. The lowest BCUT2D eigenvalue weighted by Crippen LogP contribution is -2.18. The molecular weight excluding hydrogens is 176 g/mol. The van der Waals surface area contributed by atoms with E-state index in [4.69, 9.17) is 9.84 Å². The van der Waals surface area contributed by atoms with E-state index in [0.29, 0.717) is 11.7 Å². The maximum atomic E-state index is 9.16. The largest absolute Gasteiger partial charge is 0.508 e. The molecule has 0 bridgehead atoms. The van der Waals surface area contributed by atoms with Crippen molar-refractivity contribution in [2.45, 2.75) is 25.9 Å². The standard InChI is InChI=1S/C12H16O2/c1-9-2-7-12(14-8-9)10-3-5-11(13)6-4-10/h3-6,9,12-13H,2,7-8H2,1H3. The lowest BCUT2D eigenvalue weighted by Gasteiger charge is -2.27. The molecule has 0 aliphatic carbocycles. The molecule has 1 aliphatic rings. The van der Waals surface area contributed by atoms with E-state index in [9.17, 15) is 0 Å². The van der Waals surface area contributed by atoms with Crippen molar-refractivity contribution in [3.8, 4) is 5.75 Å². The molecule has 1 aliphatic heterocycles. The highest BCUT2D eigenvalue weighted by atomic mass is 16.5. The molecule has 0 saturated carbocycles. The summed E-state index contributed by atoms with van der Waals surface area (Å²) in [4.78, 5) is 0. The molecule has 14 heavy (non-hydrogen) atoms. The zero-order valence-corrected chi connectivity index (χ0v) is 8.44. The minimum absolute atomic E-state index is 0.229. The van der Waals surface area contributed by atoms with E-state index in [-0.39, 0.29) is 6.10 Å². The van der Waals surface area contributed by atoms with Crippen LogP contribution in [0.3, 0.4) is 0 Å². The smallest absolute Gasteiger partial charge is 0.115 e. The average molecular weight is 192 g/mol. The first-order chi connectivity index (χ1) is 6.75. The van der Waals surface area contributed by atoms with E-state index in [1.54, 1.807) is 12.1 Å². The van der Waals surface area contributed by atoms with Gasteiger partial charge in [0.1, 0.15) is 5.75 Å². The lowest BCUT2D eigenvalue weighted by molar-refractivity contribution is -0.0123. The fraction of sp³-hybridized carbons (Fsp3) is 0.500. The maximum Gasteiger partial charge on any atom is 0.115 e. The molecule has 2 nitrogen and oxygen atoms in total. The van der Waals surface area contributed by atoms with Crippen molar-refractivity contribution in [3.05, 3.63) is 29.8 Å². The summed E-state index contributed by atoms with van der Waals surface area (Å²) in [5.74, 6) is 1.00. The molecule has 1 saturated heterocycles. The summed E-state index contributed by atoms with van der Waals surface area (Å²) in [6.07, 6.45) is 2.55. The van der Waals surface area contributed by atoms with Gasteiger partial charge < -0.3 is 9.84 Å². The summed E-state index contributed by atoms with van der Waals surface area (Å²) >= 11 is 0. The molecular formula is C12H16O2. The van der Waals surface area contributed by atoms with E-state index >= 15 is 0 Å². The molecule has 0 radical (unpaired) electrons. The number of rotatable bonds is 1. The molecule has 1 N–H and O–H groups in total. The van der Waals surface area contributed by atoms with Crippen LogP contribution in [0.1, 0.15) is 31.4 Å². The van der Waals surface area contributed by atoms with Crippen molar-refractivity contribution in [2.24, 2.45) is 5.92 Å². The molecule has 0 amide bonds. The van der Waals surface area contributed by atoms with Crippen LogP contribution < -0.4 is 0 Å². The van der Waals surface area contributed by atoms with Gasteiger partial charge in [-0.15, -0.1) is 0 Å². The predicted octanol–water partition coefficient (Wildman–Crippen LogP) is 2.88. The van der Waals surface area contributed by atoms with Crippen LogP contribution in [0.5, 0.6) is 5.75 Å². The zero-order chi connectivity index (χ0) is 9.97. The van der Waals surface area contributed by atoms with Gasteiger partial charge in [0.25, 0.3) is 0 Å². The van der Waals surface area contributed by atoms with Crippen molar-refractivity contribution < 1.29 is 9.84 Å². The molecule has 1 aromatic carbocycles. The van der Waals surface area contributed by atoms with Crippen LogP contribution in [0.2, 0.25) is 0 Å². The molecule has 0 aromatic heterocycles. The van der Waals surface area contributed by atoms with Gasteiger partial charge in [-0.25, -0.2) is 0 Å². The molecule has 0 spiro atoms. The summed E-state index contributed by atoms with van der Waals surface area (Å²) in [7, 11) is 0. The van der Waals surface area contributed by atoms with Crippen molar-refractivity contribution in [1.82, 2.24) is 0 Å². The molecule has 1 heterocycles. The summed E-state index contributed by atoms with van der Waals surface area (Å²) in [5.41, 5.74) is 1.18. The number of ether oxygens (including phenoxy) is 1. The van der Waals surface area contributed by atoms with E-state index in [0.717, 1.165) is 13.0 Å². The van der Waals surface area contributed by atoms with E-state index in [2.05, 4.69) is 6.92 Å². The van der Waals surface area contributed by atoms with Gasteiger partial charge in [-0.2, -0.15) is 0 Å². The second-order valence-electron chi connectivity index (χ2n) is 4.10. The molecule has 1 fully saturated rings. The minimum atomic E-state index is 0.229. The van der Waals surface area contributed by atoms with Gasteiger partial charge in [0, 0.05) is 6.61 Å². The Morgan fingerprint density at radius 1 is 1.21 bits per heavy atom. The second-order valence-corrected chi connectivity index (χ2v) is 4.10. The number of hydrogen-bond acceptors (Lipinski definition) is 2. The van der Waals surface area contributed by atoms with Crippen molar-refractivity contribution in [2.75, 3.05) is 6.61 Å². The minimum Gasteiger partial charge on any atom is -0.508 e. The first kappa shape index (κ1) is 9.53. The third-order valence-electron chi connectivity index (χ3n) is 2.77. The van der Waals surface area contributed by atoms with Crippen LogP contribution in [0.4, 0.5) is 0 Å². The Balaban J connectivity index is 2.05. The van der Waals surface area contributed by atoms with Crippen molar-refractivity contribution in [3.63, 3.8) is 0 Å². The normalized spacial score (nSPS) is 27.5. The third-order valence-corrected chi connectivity index (χ3v) is 2.77. The molecule has 2 unspecified atom stereocenters. The van der Waals surface area contributed by atoms with Gasteiger partial charge in [-0.05, 0) is 36.5 Å². The number of phenols is 1. The van der Waals surface area contributed by atoms with Gasteiger partial charge in [0.15, 0.2) is 0 Å². The van der Waals surface area contributed by atoms with E-state index < -0.39 is 0 Å². The van der Waals surface area contributed by atoms with Crippen LogP contribution in [-0.4, -0.2) is 11.7 Å².